The molecule has 1 aliphatic rings. The van der Waals surface area contributed by atoms with Crippen molar-refractivity contribution in [3.8, 4) is 0 Å². The maximum absolute atomic E-state index is 12.7. The van der Waals surface area contributed by atoms with Crippen molar-refractivity contribution in [3.05, 3.63) is 24.4 Å². The van der Waals surface area contributed by atoms with Crippen LogP contribution in [0.25, 0.3) is 5.65 Å². The molecule has 2 heterocycles. The van der Waals surface area contributed by atoms with Gasteiger partial charge in [-0.05, 0) is 19.8 Å². The molecule has 0 aliphatic heterocycles. The first-order chi connectivity index (χ1) is 10.3. The van der Waals surface area contributed by atoms with Crippen LogP contribution in [0.4, 0.5) is 0 Å². The SMILES string of the molecule is CCOC(=O)C1(c2nnc3ccncn23)CCCCCC1. The number of aromatic nitrogens is 4. The Labute approximate surface area is 123 Å². The van der Waals surface area contributed by atoms with Crippen molar-refractivity contribution < 1.29 is 9.53 Å². The van der Waals surface area contributed by atoms with E-state index >= 15 is 0 Å². The average molecular weight is 288 g/mol. The zero-order chi connectivity index (χ0) is 14.7. The number of fused-ring (bicyclic) bond motifs is 1. The summed E-state index contributed by atoms with van der Waals surface area (Å²) in [5.74, 6) is 0.496. The molecule has 21 heavy (non-hydrogen) atoms. The zero-order valence-corrected chi connectivity index (χ0v) is 12.3. The number of hydrogen-bond donors (Lipinski definition) is 0. The van der Waals surface area contributed by atoms with E-state index < -0.39 is 5.41 Å². The summed E-state index contributed by atoms with van der Waals surface area (Å²) >= 11 is 0. The molecule has 6 nitrogen and oxygen atoms in total. The van der Waals surface area contributed by atoms with Crippen molar-refractivity contribution in [1.82, 2.24) is 19.6 Å². The van der Waals surface area contributed by atoms with Crippen LogP contribution < -0.4 is 0 Å². The van der Waals surface area contributed by atoms with E-state index in [-0.39, 0.29) is 5.97 Å². The number of hydrogen-bond acceptors (Lipinski definition) is 5. The number of carbonyl (C=O) groups is 1. The lowest BCUT2D eigenvalue weighted by Gasteiger charge is -2.28. The van der Waals surface area contributed by atoms with E-state index in [1.807, 2.05) is 11.3 Å². The van der Waals surface area contributed by atoms with Gasteiger partial charge in [-0.25, -0.2) is 4.98 Å². The summed E-state index contributed by atoms with van der Waals surface area (Å²) in [4.78, 5) is 16.8. The van der Waals surface area contributed by atoms with Gasteiger partial charge in [0.2, 0.25) is 0 Å². The van der Waals surface area contributed by atoms with Gasteiger partial charge in [-0.15, -0.1) is 10.2 Å². The summed E-state index contributed by atoms with van der Waals surface area (Å²) in [7, 11) is 0. The molecule has 0 radical (unpaired) electrons. The van der Waals surface area contributed by atoms with E-state index in [1.165, 1.54) is 0 Å². The van der Waals surface area contributed by atoms with E-state index in [1.54, 1.807) is 18.6 Å². The molecule has 1 saturated carbocycles. The normalized spacial score (nSPS) is 18.3. The van der Waals surface area contributed by atoms with Gasteiger partial charge in [-0.3, -0.25) is 9.20 Å². The second-order valence-electron chi connectivity index (χ2n) is 5.55. The summed E-state index contributed by atoms with van der Waals surface area (Å²) in [6, 6.07) is 1.80. The third-order valence-corrected chi connectivity index (χ3v) is 4.27. The highest BCUT2D eigenvalue weighted by Crippen LogP contribution is 2.38. The second kappa shape index (κ2) is 5.79. The monoisotopic (exact) mass is 288 g/mol. The minimum atomic E-state index is -0.686. The molecule has 2 aromatic heterocycles. The molecular formula is C15H20N4O2. The minimum Gasteiger partial charge on any atom is -0.465 e. The molecule has 0 saturated heterocycles. The van der Waals surface area contributed by atoms with Gasteiger partial charge >= 0.3 is 5.97 Å². The molecule has 112 valence electrons. The zero-order valence-electron chi connectivity index (χ0n) is 12.3. The number of ether oxygens (including phenoxy) is 1. The molecule has 0 spiro atoms. The molecule has 2 aromatic rings. The van der Waals surface area contributed by atoms with Crippen LogP contribution >= 0.6 is 0 Å². The maximum atomic E-state index is 12.7. The summed E-state index contributed by atoms with van der Waals surface area (Å²) in [5.41, 5.74) is 0.0301. The molecule has 0 N–H and O–H groups in total. The topological polar surface area (TPSA) is 69.4 Å². The first-order valence-corrected chi connectivity index (χ1v) is 7.60. The molecule has 1 fully saturated rings. The van der Waals surface area contributed by atoms with E-state index in [0.717, 1.165) is 38.5 Å². The van der Waals surface area contributed by atoms with Crippen molar-refractivity contribution >= 4 is 11.6 Å². The van der Waals surface area contributed by atoms with E-state index in [9.17, 15) is 4.79 Å². The van der Waals surface area contributed by atoms with Gasteiger partial charge in [0.1, 0.15) is 11.7 Å². The number of nitrogens with zero attached hydrogens (tertiary/aromatic N) is 4. The third-order valence-electron chi connectivity index (χ3n) is 4.27. The molecule has 0 atom stereocenters. The van der Waals surface area contributed by atoms with Gasteiger partial charge in [0.25, 0.3) is 0 Å². The Morgan fingerprint density at radius 3 is 2.76 bits per heavy atom. The predicted octanol–water partition coefficient (Wildman–Crippen LogP) is 2.28. The standard InChI is InChI=1S/C15H20N4O2/c1-2-21-14(20)15(8-5-3-4-6-9-15)13-18-17-12-7-10-16-11-19(12)13/h7,10-11H,2-6,8-9H2,1H3. The van der Waals surface area contributed by atoms with Gasteiger partial charge < -0.3 is 4.74 Å². The Kier molecular flexibility index (Phi) is 3.86. The number of rotatable bonds is 3. The summed E-state index contributed by atoms with van der Waals surface area (Å²) < 4.78 is 7.19. The highest BCUT2D eigenvalue weighted by Gasteiger charge is 2.45. The highest BCUT2D eigenvalue weighted by molar-refractivity contribution is 5.82. The van der Waals surface area contributed by atoms with Gasteiger partial charge in [0, 0.05) is 12.3 Å². The van der Waals surface area contributed by atoms with E-state index in [4.69, 9.17) is 4.74 Å². The van der Waals surface area contributed by atoms with Crippen molar-refractivity contribution in [3.63, 3.8) is 0 Å². The molecule has 0 aromatic carbocycles. The minimum absolute atomic E-state index is 0.176. The third kappa shape index (κ3) is 2.39. The van der Waals surface area contributed by atoms with Crippen molar-refractivity contribution in [2.75, 3.05) is 6.61 Å². The van der Waals surface area contributed by atoms with Gasteiger partial charge in [-0.2, -0.15) is 0 Å². The molecule has 0 unspecified atom stereocenters. The van der Waals surface area contributed by atoms with E-state index in [0.29, 0.717) is 18.1 Å². The molecular weight excluding hydrogens is 268 g/mol. The lowest BCUT2D eigenvalue weighted by molar-refractivity contribution is -0.151. The first-order valence-electron chi connectivity index (χ1n) is 7.60. The molecule has 1 aliphatic carbocycles. The van der Waals surface area contributed by atoms with Crippen LogP contribution in [-0.4, -0.2) is 32.2 Å². The predicted molar refractivity (Wildman–Crippen MR) is 76.8 cm³/mol. The van der Waals surface area contributed by atoms with Gasteiger partial charge in [0.15, 0.2) is 11.5 Å². The number of esters is 1. The van der Waals surface area contributed by atoms with Gasteiger partial charge in [0.05, 0.1) is 6.61 Å². The lowest BCUT2D eigenvalue weighted by Crippen LogP contribution is -2.39. The Hall–Kier alpha value is -1.98. The Bertz CT molecular complexity index is 629. The van der Waals surface area contributed by atoms with Crippen LogP contribution in [-0.2, 0) is 14.9 Å². The lowest BCUT2D eigenvalue weighted by atomic mass is 9.79. The average Bonchev–Trinajstić information content (AvgIpc) is 2.78. The summed E-state index contributed by atoms with van der Waals surface area (Å²) in [5, 5.41) is 8.49. The highest BCUT2D eigenvalue weighted by atomic mass is 16.5. The van der Waals surface area contributed by atoms with Crippen LogP contribution in [0, 0.1) is 0 Å². The second-order valence-corrected chi connectivity index (χ2v) is 5.55. The molecule has 3 rings (SSSR count). The smallest absolute Gasteiger partial charge is 0.319 e. The van der Waals surface area contributed by atoms with Crippen molar-refractivity contribution in [1.29, 1.82) is 0 Å². The fourth-order valence-electron chi connectivity index (χ4n) is 3.19. The fraction of sp³-hybridized carbons (Fsp3) is 0.600. The largest absolute Gasteiger partial charge is 0.465 e. The van der Waals surface area contributed by atoms with Crippen LogP contribution in [0.1, 0.15) is 51.3 Å². The fourth-order valence-corrected chi connectivity index (χ4v) is 3.19. The van der Waals surface area contributed by atoms with Crippen LogP contribution in [0.3, 0.4) is 0 Å². The first kappa shape index (κ1) is 14.0. The Morgan fingerprint density at radius 2 is 2.05 bits per heavy atom. The number of carbonyl (C=O) groups excluding carboxylic acids is 1. The Balaban J connectivity index is 2.11. The van der Waals surface area contributed by atoms with Crippen molar-refractivity contribution in [2.24, 2.45) is 0 Å². The summed E-state index contributed by atoms with van der Waals surface area (Å²) in [6.07, 6.45) is 9.20. The van der Waals surface area contributed by atoms with Crippen LogP contribution in [0.15, 0.2) is 18.6 Å². The quantitative estimate of drug-likeness (QED) is 0.640. The Morgan fingerprint density at radius 1 is 1.29 bits per heavy atom. The maximum Gasteiger partial charge on any atom is 0.319 e. The van der Waals surface area contributed by atoms with Crippen LogP contribution in [0.2, 0.25) is 0 Å². The molecule has 0 amide bonds. The van der Waals surface area contributed by atoms with Crippen LogP contribution in [0.5, 0.6) is 0 Å². The van der Waals surface area contributed by atoms with E-state index in [2.05, 4.69) is 15.2 Å². The van der Waals surface area contributed by atoms with Crippen molar-refractivity contribution in [2.45, 2.75) is 50.9 Å². The molecule has 6 heteroatoms. The summed E-state index contributed by atoms with van der Waals surface area (Å²) in [6.45, 7) is 2.22. The van der Waals surface area contributed by atoms with Gasteiger partial charge in [-0.1, -0.05) is 25.7 Å². The molecule has 0 bridgehead atoms.